The number of benzene rings is 2. The maximum Gasteiger partial charge on any atom is 0.224 e. The van der Waals surface area contributed by atoms with Crippen molar-refractivity contribution in [1.82, 2.24) is 0 Å². The van der Waals surface area contributed by atoms with Gasteiger partial charge in [-0.05, 0) is 48.7 Å². The molecule has 2 aromatic carbocycles. The molecule has 0 spiro atoms. The maximum atomic E-state index is 11.9. The summed E-state index contributed by atoms with van der Waals surface area (Å²) in [7, 11) is 0. The van der Waals surface area contributed by atoms with Gasteiger partial charge < -0.3 is 11.1 Å². The van der Waals surface area contributed by atoms with E-state index in [1.54, 1.807) is 12.1 Å². The minimum Gasteiger partial charge on any atom is -0.399 e. The minimum atomic E-state index is -0.0211. The molecule has 3 nitrogen and oxygen atoms in total. The molecule has 0 aliphatic heterocycles. The van der Waals surface area contributed by atoms with E-state index in [2.05, 4.69) is 5.32 Å². The van der Waals surface area contributed by atoms with Crippen LogP contribution >= 0.6 is 11.6 Å². The predicted octanol–water partition coefficient (Wildman–Crippen LogP) is 3.80. The Balaban J connectivity index is 1.92. The third-order valence-electron chi connectivity index (χ3n) is 3.09. The highest BCUT2D eigenvalue weighted by molar-refractivity contribution is 6.31. The molecule has 0 bridgehead atoms. The topological polar surface area (TPSA) is 55.1 Å². The number of rotatable bonds is 4. The molecular weight excluding hydrogens is 272 g/mol. The lowest BCUT2D eigenvalue weighted by molar-refractivity contribution is -0.116. The van der Waals surface area contributed by atoms with Gasteiger partial charge in [0.15, 0.2) is 0 Å². The maximum absolute atomic E-state index is 11.9. The molecule has 3 N–H and O–H groups in total. The molecule has 0 unspecified atom stereocenters. The zero-order valence-corrected chi connectivity index (χ0v) is 12.1. The van der Waals surface area contributed by atoms with Crippen LogP contribution in [0, 0.1) is 6.92 Å². The molecule has 104 valence electrons. The fraction of sp³-hybridized carbons (Fsp3) is 0.188. The Kier molecular flexibility index (Phi) is 4.64. The number of nitrogen functional groups attached to an aromatic ring is 1. The number of hydrogen-bond acceptors (Lipinski definition) is 2. The van der Waals surface area contributed by atoms with Crippen molar-refractivity contribution < 1.29 is 4.79 Å². The summed E-state index contributed by atoms with van der Waals surface area (Å²) in [6, 6.07) is 13.0. The molecule has 0 saturated carbocycles. The minimum absolute atomic E-state index is 0.0211. The van der Waals surface area contributed by atoms with Gasteiger partial charge in [0.25, 0.3) is 0 Å². The zero-order chi connectivity index (χ0) is 14.5. The second kappa shape index (κ2) is 6.44. The smallest absolute Gasteiger partial charge is 0.224 e. The Bertz CT molecular complexity index is 608. The van der Waals surface area contributed by atoms with Crippen LogP contribution in [0.2, 0.25) is 5.02 Å². The summed E-state index contributed by atoms with van der Waals surface area (Å²) in [5.74, 6) is -0.0211. The van der Waals surface area contributed by atoms with Crippen molar-refractivity contribution in [2.75, 3.05) is 11.1 Å². The molecule has 2 aromatic rings. The Hall–Kier alpha value is -2.00. The van der Waals surface area contributed by atoms with Crippen LogP contribution in [-0.2, 0) is 11.2 Å². The fourth-order valence-corrected chi connectivity index (χ4v) is 2.06. The lowest BCUT2D eigenvalue weighted by Gasteiger charge is -2.09. The first-order valence-corrected chi connectivity index (χ1v) is 6.83. The van der Waals surface area contributed by atoms with E-state index < -0.39 is 0 Å². The summed E-state index contributed by atoms with van der Waals surface area (Å²) in [6.45, 7) is 1.94. The third kappa shape index (κ3) is 4.00. The quantitative estimate of drug-likeness (QED) is 0.841. The molecule has 0 radical (unpaired) electrons. The van der Waals surface area contributed by atoms with Crippen molar-refractivity contribution in [3.8, 4) is 0 Å². The van der Waals surface area contributed by atoms with Crippen LogP contribution in [0.1, 0.15) is 17.5 Å². The van der Waals surface area contributed by atoms with Crippen molar-refractivity contribution in [3.05, 3.63) is 58.6 Å². The number of nitrogens with one attached hydrogen (secondary N) is 1. The Labute approximate surface area is 123 Å². The van der Waals surface area contributed by atoms with E-state index in [0.29, 0.717) is 17.9 Å². The second-order valence-electron chi connectivity index (χ2n) is 4.75. The van der Waals surface area contributed by atoms with Crippen molar-refractivity contribution >= 4 is 28.9 Å². The lowest BCUT2D eigenvalue weighted by Crippen LogP contribution is -2.13. The molecule has 0 atom stereocenters. The van der Waals surface area contributed by atoms with E-state index in [9.17, 15) is 4.79 Å². The summed E-state index contributed by atoms with van der Waals surface area (Å²) in [6.07, 6.45) is 1.11. The number of amides is 1. The second-order valence-corrected chi connectivity index (χ2v) is 5.19. The van der Waals surface area contributed by atoms with Gasteiger partial charge in [0.1, 0.15) is 0 Å². The van der Waals surface area contributed by atoms with Crippen LogP contribution < -0.4 is 11.1 Å². The summed E-state index contributed by atoms with van der Waals surface area (Å²) < 4.78 is 0. The lowest BCUT2D eigenvalue weighted by atomic mass is 10.1. The van der Waals surface area contributed by atoms with Crippen LogP contribution in [0.5, 0.6) is 0 Å². The molecule has 0 aromatic heterocycles. The number of hydrogen-bond donors (Lipinski definition) is 2. The average Bonchev–Trinajstić information content (AvgIpc) is 2.42. The number of anilines is 2. The molecule has 0 aliphatic carbocycles. The van der Waals surface area contributed by atoms with Crippen LogP contribution in [0.4, 0.5) is 11.4 Å². The first-order chi connectivity index (χ1) is 9.54. The highest BCUT2D eigenvalue weighted by atomic mass is 35.5. The van der Waals surface area contributed by atoms with Gasteiger partial charge in [-0.25, -0.2) is 0 Å². The van der Waals surface area contributed by atoms with Gasteiger partial charge in [-0.1, -0.05) is 29.8 Å². The molecule has 1 amide bonds. The normalized spacial score (nSPS) is 10.3. The van der Waals surface area contributed by atoms with Crippen molar-refractivity contribution in [2.24, 2.45) is 0 Å². The van der Waals surface area contributed by atoms with Crippen LogP contribution in [-0.4, -0.2) is 5.91 Å². The highest BCUT2D eigenvalue weighted by Gasteiger charge is 2.06. The molecule has 0 saturated heterocycles. The predicted molar refractivity (Wildman–Crippen MR) is 84.0 cm³/mol. The summed E-state index contributed by atoms with van der Waals surface area (Å²) in [4.78, 5) is 11.9. The van der Waals surface area contributed by atoms with E-state index in [0.717, 1.165) is 22.5 Å². The number of carbonyl (C=O) groups excluding carboxylic acids is 1. The van der Waals surface area contributed by atoms with E-state index >= 15 is 0 Å². The summed E-state index contributed by atoms with van der Waals surface area (Å²) >= 11 is 5.92. The fourth-order valence-electron chi connectivity index (χ4n) is 1.88. The monoisotopic (exact) mass is 288 g/mol. The summed E-state index contributed by atoms with van der Waals surface area (Å²) in [5, 5.41) is 3.50. The number of nitrogens with two attached hydrogens (primary N) is 1. The standard InChI is InChI=1S/C16H17ClN2O/c1-11-2-6-13(17)10-15(11)19-16(20)9-5-12-3-7-14(18)8-4-12/h2-4,6-8,10H,5,9,18H2,1H3,(H,19,20). The Morgan fingerprint density at radius 3 is 2.60 bits per heavy atom. The molecule has 0 heterocycles. The molecule has 20 heavy (non-hydrogen) atoms. The summed E-state index contributed by atoms with van der Waals surface area (Å²) in [5.41, 5.74) is 9.21. The van der Waals surface area contributed by atoms with Crippen LogP contribution in [0.15, 0.2) is 42.5 Å². The SMILES string of the molecule is Cc1ccc(Cl)cc1NC(=O)CCc1ccc(N)cc1. The van der Waals surface area contributed by atoms with E-state index in [-0.39, 0.29) is 5.91 Å². The van der Waals surface area contributed by atoms with Crippen LogP contribution in [0.25, 0.3) is 0 Å². The highest BCUT2D eigenvalue weighted by Crippen LogP contribution is 2.20. The van der Waals surface area contributed by atoms with Gasteiger partial charge >= 0.3 is 0 Å². The van der Waals surface area contributed by atoms with Crippen molar-refractivity contribution in [2.45, 2.75) is 19.8 Å². The number of carbonyl (C=O) groups is 1. The van der Waals surface area contributed by atoms with Gasteiger partial charge in [0.2, 0.25) is 5.91 Å². The van der Waals surface area contributed by atoms with Gasteiger partial charge in [0, 0.05) is 22.8 Å². The zero-order valence-electron chi connectivity index (χ0n) is 11.3. The molecule has 4 heteroatoms. The van der Waals surface area contributed by atoms with E-state index in [1.807, 2.05) is 37.3 Å². The van der Waals surface area contributed by atoms with Gasteiger partial charge in [-0.2, -0.15) is 0 Å². The Morgan fingerprint density at radius 2 is 1.90 bits per heavy atom. The number of halogens is 1. The first-order valence-electron chi connectivity index (χ1n) is 6.45. The van der Waals surface area contributed by atoms with Crippen molar-refractivity contribution in [3.63, 3.8) is 0 Å². The van der Waals surface area contributed by atoms with Gasteiger partial charge in [0.05, 0.1) is 0 Å². The molecule has 2 rings (SSSR count). The largest absolute Gasteiger partial charge is 0.399 e. The van der Waals surface area contributed by atoms with E-state index in [1.165, 1.54) is 0 Å². The van der Waals surface area contributed by atoms with Crippen molar-refractivity contribution in [1.29, 1.82) is 0 Å². The number of aryl methyl sites for hydroxylation is 2. The molecule has 0 aliphatic rings. The van der Waals surface area contributed by atoms with Gasteiger partial charge in [-0.15, -0.1) is 0 Å². The molecular formula is C16H17ClN2O. The molecule has 0 fully saturated rings. The Morgan fingerprint density at radius 1 is 1.20 bits per heavy atom. The first kappa shape index (κ1) is 14.4. The average molecular weight is 289 g/mol. The van der Waals surface area contributed by atoms with Gasteiger partial charge in [-0.3, -0.25) is 4.79 Å². The van der Waals surface area contributed by atoms with Crippen LogP contribution in [0.3, 0.4) is 0 Å². The third-order valence-corrected chi connectivity index (χ3v) is 3.33. The van der Waals surface area contributed by atoms with E-state index in [4.69, 9.17) is 17.3 Å².